The monoisotopic (exact) mass is 207 g/mol. The number of rotatable bonds is 1. The first-order valence-electron chi connectivity index (χ1n) is 5.58. The van der Waals surface area contributed by atoms with Crippen molar-refractivity contribution in [3.63, 3.8) is 0 Å². The molecule has 1 unspecified atom stereocenters. The highest BCUT2D eigenvalue weighted by molar-refractivity contribution is 5.97. The summed E-state index contributed by atoms with van der Waals surface area (Å²) in [6.45, 7) is 0. The van der Waals surface area contributed by atoms with Crippen LogP contribution < -0.4 is 11.2 Å². The number of allylic oxidation sites excluding steroid dienone is 2. The lowest BCUT2D eigenvalue weighted by atomic mass is 9.77. The molecule has 0 aromatic rings. The van der Waals surface area contributed by atoms with E-state index in [9.17, 15) is 4.79 Å². The second-order valence-electron chi connectivity index (χ2n) is 4.28. The first-order chi connectivity index (χ1) is 7.25. The lowest BCUT2D eigenvalue weighted by Gasteiger charge is -2.29. The van der Waals surface area contributed by atoms with E-state index in [1.165, 1.54) is 37.7 Å². The van der Waals surface area contributed by atoms with E-state index in [1.54, 1.807) is 0 Å². The maximum Gasteiger partial charge on any atom is 0.332 e. The minimum atomic E-state index is -0.591. The van der Waals surface area contributed by atoms with E-state index in [0.29, 0.717) is 0 Å². The second-order valence-corrected chi connectivity index (χ2v) is 4.28. The van der Waals surface area contributed by atoms with Gasteiger partial charge in [-0.15, -0.1) is 0 Å². The predicted octanol–water partition coefficient (Wildman–Crippen LogP) is 1.92. The van der Waals surface area contributed by atoms with Crippen molar-refractivity contribution >= 4 is 11.7 Å². The van der Waals surface area contributed by atoms with E-state index in [-0.39, 0.29) is 0 Å². The topological polar surface area (TPSA) is 67.5 Å². The summed E-state index contributed by atoms with van der Waals surface area (Å²) in [6, 6.07) is -0.591. The van der Waals surface area contributed by atoms with E-state index in [2.05, 4.69) is 16.6 Å². The molecule has 82 valence electrons. The molecule has 2 rings (SSSR count). The first-order valence-corrected chi connectivity index (χ1v) is 5.58. The second kappa shape index (κ2) is 4.47. The van der Waals surface area contributed by atoms with Crippen molar-refractivity contribution in [3.8, 4) is 0 Å². The lowest BCUT2D eigenvalue weighted by Crippen LogP contribution is -2.26. The molecule has 0 bridgehead atoms. The third-order valence-electron chi connectivity index (χ3n) is 3.20. The van der Waals surface area contributed by atoms with Gasteiger partial charge in [0.1, 0.15) is 0 Å². The molecule has 3 N–H and O–H groups in total. The number of nitrogens with one attached hydrogen (secondary N) is 1. The number of hydrazone groups is 1. The zero-order valence-corrected chi connectivity index (χ0v) is 8.83. The van der Waals surface area contributed by atoms with Crippen molar-refractivity contribution in [1.82, 2.24) is 5.43 Å². The van der Waals surface area contributed by atoms with Gasteiger partial charge in [0.2, 0.25) is 0 Å². The number of fused-ring (bicyclic) bond motifs is 1. The van der Waals surface area contributed by atoms with Crippen molar-refractivity contribution in [3.05, 3.63) is 11.6 Å². The summed E-state index contributed by atoms with van der Waals surface area (Å²) >= 11 is 0. The average Bonchev–Trinajstić information content (AvgIpc) is 2.26. The van der Waals surface area contributed by atoms with Gasteiger partial charge in [-0.1, -0.05) is 12.0 Å². The molecular weight excluding hydrogens is 190 g/mol. The Balaban J connectivity index is 2.05. The van der Waals surface area contributed by atoms with Crippen LogP contribution >= 0.6 is 0 Å². The average molecular weight is 207 g/mol. The fourth-order valence-corrected chi connectivity index (χ4v) is 2.45. The number of urea groups is 1. The number of carbonyl (C=O) groups excluding carboxylic acids is 1. The molecule has 0 radical (unpaired) electrons. The van der Waals surface area contributed by atoms with Gasteiger partial charge in [0, 0.05) is 0 Å². The Labute approximate surface area is 89.6 Å². The van der Waals surface area contributed by atoms with Gasteiger partial charge in [-0.2, -0.15) is 5.10 Å². The van der Waals surface area contributed by atoms with Crippen LogP contribution in [0.25, 0.3) is 0 Å². The van der Waals surface area contributed by atoms with E-state index >= 15 is 0 Å². The van der Waals surface area contributed by atoms with Crippen molar-refractivity contribution < 1.29 is 4.79 Å². The molecule has 2 aliphatic carbocycles. The molecule has 0 aromatic heterocycles. The van der Waals surface area contributed by atoms with E-state index in [0.717, 1.165) is 18.1 Å². The molecule has 2 amide bonds. The van der Waals surface area contributed by atoms with Crippen LogP contribution in [0.4, 0.5) is 4.79 Å². The van der Waals surface area contributed by atoms with Gasteiger partial charge < -0.3 is 5.73 Å². The normalized spacial score (nSPS) is 28.1. The summed E-state index contributed by atoms with van der Waals surface area (Å²) in [4.78, 5) is 10.5. The lowest BCUT2D eigenvalue weighted by molar-refractivity contribution is 0.249. The standard InChI is InChI=1S/C11H17N3O/c12-11(15)14-13-10-6-5-8-3-1-2-4-9(8)7-10/h7-8H,1-6H2,(H3,12,14,15)/b13-10+. The number of hydrogen-bond acceptors (Lipinski definition) is 2. The van der Waals surface area contributed by atoms with E-state index in [4.69, 9.17) is 5.73 Å². The Morgan fingerprint density at radius 2 is 2.27 bits per heavy atom. The van der Waals surface area contributed by atoms with E-state index in [1.807, 2.05) is 0 Å². The van der Waals surface area contributed by atoms with Crippen LogP contribution in [-0.2, 0) is 0 Å². The summed E-state index contributed by atoms with van der Waals surface area (Å²) in [5.74, 6) is 0.770. The first kappa shape index (κ1) is 10.2. The van der Waals surface area contributed by atoms with Gasteiger partial charge in [0.25, 0.3) is 0 Å². The maximum atomic E-state index is 10.5. The fourth-order valence-electron chi connectivity index (χ4n) is 2.45. The van der Waals surface area contributed by atoms with Gasteiger partial charge >= 0.3 is 6.03 Å². The van der Waals surface area contributed by atoms with Gasteiger partial charge in [0.05, 0.1) is 5.71 Å². The summed E-state index contributed by atoms with van der Waals surface area (Å²) < 4.78 is 0. The SMILES string of the molecule is NC(=O)N/N=C1/C=C2CCCCC2CC1. The third kappa shape index (κ3) is 2.58. The highest BCUT2D eigenvalue weighted by atomic mass is 16.2. The van der Waals surface area contributed by atoms with Crippen molar-refractivity contribution in [1.29, 1.82) is 0 Å². The fraction of sp³-hybridized carbons (Fsp3) is 0.636. The van der Waals surface area contributed by atoms with Crippen LogP contribution in [0.1, 0.15) is 38.5 Å². The molecule has 4 heteroatoms. The van der Waals surface area contributed by atoms with Gasteiger partial charge in [0.15, 0.2) is 0 Å². The molecular formula is C11H17N3O. The predicted molar refractivity (Wildman–Crippen MR) is 59.4 cm³/mol. The number of nitrogens with two attached hydrogens (primary N) is 1. The van der Waals surface area contributed by atoms with Crippen LogP contribution in [-0.4, -0.2) is 11.7 Å². The van der Waals surface area contributed by atoms with E-state index < -0.39 is 6.03 Å². The molecule has 15 heavy (non-hydrogen) atoms. The highest BCUT2D eigenvalue weighted by Gasteiger charge is 2.23. The maximum absolute atomic E-state index is 10.5. The Kier molecular flexibility index (Phi) is 3.04. The van der Waals surface area contributed by atoms with Crippen LogP contribution in [0.3, 0.4) is 0 Å². The Hall–Kier alpha value is -1.32. The minimum absolute atomic E-state index is 0.591. The molecule has 2 aliphatic rings. The molecule has 1 saturated carbocycles. The number of primary amides is 1. The van der Waals surface area contributed by atoms with Gasteiger partial charge in [-0.25, -0.2) is 10.2 Å². The van der Waals surface area contributed by atoms with Crippen LogP contribution in [0.5, 0.6) is 0 Å². The number of nitrogens with zero attached hydrogens (tertiary/aromatic N) is 1. The third-order valence-corrected chi connectivity index (χ3v) is 3.20. The van der Waals surface area contributed by atoms with Crippen molar-refractivity contribution in [2.24, 2.45) is 16.8 Å². The quantitative estimate of drug-likeness (QED) is 0.634. The Morgan fingerprint density at radius 3 is 3.07 bits per heavy atom. The van der Waals surface area contributed by atoms with Crippen LogP contribution in [0.15, 0.2) is 16.8 Å². The van der Waals surface area contributed by atoms with Gasteiger partial charge in [-0.05, 0) is 44.1 Å². The minimum Gasteiger partial charge on any atom is -0.350 e. The van der Waals surface area contributed by atoms with Crippen molar-refractivity contribution in [2.75, 3.05) is 0 Å². The largest absolute Gasteiger partial charge is 0.350 e. The molecule has 4 nitrogen and oxygen atoms in total. The molecule has 0 saturated heterocycles. The zero-order chi connectivity index (χ0) is 10.7. The number of carbonyl (C=O) groups is 1. The highest BCUT2D eigenvalue weighted by Crippen LogP contribution is 2.35. The molecule has 0 aromatic carbocycles. The van der Waals surface area contributed by atoms with Crippen LogP contribution in [0, 0.1) is 5.92 Å². The summed E-state index contributed by atoms with van der Waals surface area (Å²) in [7, 11) is 0. The van der Waals surface area contributed by atoms with Crippen LogP contribution in [0.2, 0.25) is 0 Å². The summed E-state index contributed by atoms with van der Waals surface area (Å²) in [5, 5.41) is 3.99. The summed E-state index contributed by atoms with van der Waals surface area (Å²) in [6.07, 6.45) is 9.43. The van der Waals surface area contributed by atoms with Gasteiger partial charge in [-0.3, -0.25) is 0 Å². The Morgan fingerprint density at radius 1 is 1.40 bits per heavy atom. The number of amides is 2. The zero-order valence-electron chi connectivity index (χ0n) is 8.83. The smallest absolute Gasteiger partial charge is 0.332 e. The molecule has 1 atom stereocenters. The molecule has 0 heterocycles. The summed E-state index contributed by atoms with van der Waals surface area (Å²) in [5.41, 5.74) is 9.73. The molecule has 1 fully saturated rings. The molecule has 0 aliphatic heterocycles. The Bertz CT molecular complexity index is 320. The molecule has 0 spiro atoms. The number of hydrogen-bond donors (Lipinski definition) is 2. The van der Waals surface area contributed by atoms with Crippen molar-refractivity contribution in [2.45, 2.75) is 38.5 Å².